The highest BCUT2D eigenvalue weighted by atomic mass is 32.1. The lowest BCUT2D eigenvalue weighted by molar-refractivity contribution is -0.121. The SMILES string of the molecule is O=C(CC1CC1)NC[C@H](c1ccsc1)n1cccn1. The highest BCUT2D eigenvalue weighted by Gasteiger charge is 2.25. The molecule has 0 aromatic carbocycles. The molecule has 0 saturated heterocycles. The fourth-order valence-corrected chi connectivity index (χ4v) is 2.87. The molecule has 1 fully saturated rings. The van der Waals surface area contributed by atoms with E-state index in [2.05, 4.69) is 27.2 Å². The third kappa shape index (κ3) is 3.23. The smallest absolute Gasteiger partial charge is 0.220 e. The third-order valence-corrected chi connectivity index (χ3v) is 4.14. The fraction of sp³-hybridized carbons (Fsp3) is 0.429. The van der Waals surface area contributed by atoms with Crippen LogP contribution in [0.1, 0.15) is 30.9 Å². The molecule has 0 bridgehead atoms. The summed E-state index contributed by atoms with van der Waals surface area (Å²) in [5.74, 6) is 0.791. The predicted molar refractivity (Wildman–Crippen MR) is 75.0 cm³/mol. The van der Waals surface area contributed by atoms with Gasteiger partial charge in [-0.05, 0) is 47.2 Å². The molecule has 100 valence electrons. The number of nitrogens with zero attached hydrogens (tertiary/aromatic N) is 2. The van der Waals surface area contributed by atoms with Crippen molar-refractivity contribution in [1.82, 2.24) is 15.1 Å². The van der Waals surface area contributed by atoms with Crippen molar-refractivity contribution in [3.8, 4) is 0 Å². The van der Waals surface area contributed by atoms with E-state index >= 15 is 0 Å². The topological polar surface area (TPSA) is 46.9 Å². The van der Waals surface area contributed by atoms with Gasteiger partial charge in [-0.3, -0.25) is 9.48 Å². The van der Waals surface area contributed by atoms with Crippen LogP contribution in [0.2, 0.25) is 0 Å². The Morgan fingerprint density at radius 1 is 1.58 bits per heavy atom. The van der Waals surface area contributed by atoms with E-state index in [1.54, 1.807) is 17.5 Å². The van der Waals surface area contributed by atoms with Gasteiger partial charge in [0.15, 0.2) is 0 Å². The highest BCUT2D eigenvalue weighted by Crippen LogP contribution is 2.32. The molecular weight excluding hydrogens is 258 g/mol. The van der Waals surface area contributed by atoms with Crippen LogP contribution in [0.15, 0.2) is 35.3 Å². The third-order valence-electron chi connectivity index (χ3n) is 3.44. The van der Waals surface area contributed by atoms with Gasteiger partial charge in [0.25, 0.3) is 0 Å². The van der Waals surface area contributed by atoms with Gasteiger partial charge in [-0.25, -0.2) is 0 Å². The number of hydrogen-bond donors (Lipinski definition) is 1. The van der Waals surface area contributed by atoms with Gasteiger partial charge in [0.2, 0.25) is 5.91 Å². The van der Waals surface area contributed by atoms with E-state index in [1.165, 1.54) is 18.4 Å². The molecule has 0 unspecified atom stereocenters. The molecule has 0 aliphatic heterocycles. The summed E-state index contributed by atoms with van der Waals surface area (Å²) in [7, 11) is 0. The molecule has 3 rings (SSSR count). The largest absolute Gasteiger partial charge is 0.354 e. The summed E-state index contributed by atoms with van der Waals surface area (Å²) in [6.07, 6.45) is 6.80. The lowest BCUT2D eigenvalue weighted by Crippen LogP contribution is -2.31. The minimum Gasteiger partial charge on any atom is -0.354 e. The monoisotopic (exact) mass is 275 g/mol. The maximum absolute atomic E-state index is 11.8. The van der Waals surface area contributed by atoms with Gasteiger partial charge < -0.3 is 5.32 Å². The zero-order chi connectivity index (χ0) is 13.1. The van der Waals surface area contributed by atoms with Gasteiger partial charge in [-0.1, -0.05) is 0 Å². The highest BCUT2D eigenvalue weighted by molar-refractivity contribution is 7.07. The maximum atomic E-state index is 11.8. The molecule has 1 aliphatic rings. The molecule has 5 heteroatoms. The van der Waals surface area contributed by atoms with Crippen molar-refractivity contribution in [2.45, 2.75) is 25.3 Å². The summed E-state index contributed by atoms with van der Waals surface area (Å²) < 4.78 is 1.90. The number of carbonyl (C=O) groups excluding carboxylic acids is 1. The summed E-state index contributed by atoms with van der Waals surface area (Å²) in [5, 5.41) is 11.5. The van der Waals surface area contributed by atoms with Gasteiger partial charge in [-0.2, -0.15) is 16.4 Å². The molecule has 1 N–H and O–H groups in total. The van der Waals surface area contributed by atoms with Crippen LogP contribution >= 0.6 is 11.3 Å². The Morgan fingerprint density at radius 2 is 2.47 bits per heavy atom. The van der Waals surface area contributed by atoms with E-state index in [0.717, 1.165) is 0 Å². The Hall–Kier alpha value is -1.62. The van der Waals surface area contributed by atoms with Crippen molar-refractivity contribution in [2.24, 2.45) is 5.92 Å². The Bertz CT molecular complexity index is 483. The first kappa shape index (κ1) is 12.4. The average molecular weight is 275 g/mol. The summed E-state index contributed by atoms with van der Waals surface area (Å²) >= 11 is 1.67. The molecule has 2 heterocycles. The number of nitrogens with one attached hydrogen (secondary N) is 1. The molecule has 1 aliphatic carbocycles. The van der Waals surface area contributed by atoms with E-state index in [1.807, 2.05) is 16.9 Å². The molecule has 1 atom stereocenters. The quantitative estimate of drug-likeness (QED) is 0.880. The summed E-state index contributed by atoms with van der Waals surface area (Å²) in [5.41, 5.74) is 1.19. The van der Waals surface area contributed by atoms with Crippen molar-refractivity contribution in [3.63, 3.8) is 0 Å². The van der Waals surface area contributed by atoms with E-state index < -0.39 is 0 Å². The summed E-state index contributed by atoms with van der Waals surface area (Å²) in [4.78, 5) is 11.8. The van der Waals surface area contributed by atoms with Crippen molar-refractivity contribution in [2.75, 3.05) is 6.54 Å². The van der Waals surface area contributed by atoms with Crippen LogP contribution in [-0.4, -0.2) is 22.2 Å². The second-order valence-corrected chi connectivity index (χ2v) is 5.79. The molecule has 4 nitrogen and oxygen atoms in total. The van der Waals surface area contributed by atoms with Gasteiger partial charge >= 0.3 is 0 Å². The van der Waals surface area contributed by atoms with Crippen LogP contribution in [0.4, 0.5) is 0 Å². The summed E-state index contributed by atoms with van der Waals surface area (Å²) in [6, 6.07) is 4.08. The molecule has 0 spiro atoms. The van der Waals surface area contributed by atoms with E-state index in [0.29, 0.717) is 18.9 Å². The lowest BCUT2D eigenvalue weighted by atomic mass is 10.1. The molecule has 19 heavy (non-hydrogen) atoms. The Balaban J connectivity index is 1.64. The van der Waals surface area contributed by atoms with Crippen LogP contribution in [0.3, 0.4) is 0 Å². The average Bonchev–Trinajstić information content (AvgIpc) is 2.89. The van der Waals surface area contributed by atoms with Crippen LogP contribution < -0.4 is 5.32 Å². The van der Waals surface area contributed by atoms with Crippen LogP contribution in [0.5, 0.6) is 0 Å². The van der Waals surface area contributed by atoms with Crippen molar-refractivity contribution >= 4 is 17.2 Å². The van der Waals surface area contributed by atoms with Gasteiger partial charge in [0, 0.05) is 25.4 Å². The van der Waals surface area contributed by atoms with E-state index in [9.17, 15) is 4.79 Å². The Morgan fingerprint density at radius 3 is 3.11 bits per heavy atom. The molecule has 1 saturated carbocycles. The minimum absolute atomic E-state index is 0.0874. The van der Waals surface area contributed by atoms with Crippen LogP contribution in [0.25, 0.3) is 0 Å². The first-order chi connectivity index (χ1) is 9.33. The van der Waals surface area contributed by atoms with Gasteiger partial charge in [-0.15, -0.1) is 0 Å². The maximum Gasteiger partial charge on any atom is 0.220 e. The zero-order valence-corrected chi connectivity index (χ0v) is 11.5. The number of aromatic nitrogens is 2. The zero-order valence-electron chi connectivity index (χ0n) is 10.7. The van der Waals surface area contributed by atoms with E-state index in [4.69, 9.17) is 0 Å². The molecular formula is C14H17N3OS. The number of hydrogen-bond acceptors (Lipinski definition) is 3. The lowest BCUT2D eigenvalue weighted by Gasteiger charge is -2.17. The second kappa shape index (κ2) is 5.57. The predicted octanol–water partition coefficient (Wildman–Crippen LogP) is 2.45. The second-order valence-electron chi connectivity index (χ2n) is 5.01. The van der Waals surface area contributed by atoms with Gasteiger partial charge in [0.1, 0.15) is 0 Å². The minimum atomic E-state index is 0.0874. The van der Waals surface area contributed by atoms with Crippen LogP contribution in [-0.2, 0) is 4.79 Å². The Labute approximate surface area is 116 Å². The Kier molecular flexibility index (Phi) is 3.64. The van der Waals surface area contributed by atoms with Crippen molar-refractivity contribution in [3.05, 3.63) is 40.8 Å². The van der Waals surface area contributed by atoms with Crippen molar-refractivity contribution < 1.29 is 4.79 Å². The molecule has 0 radical (unpaired) electrons. The normalized spacial score (nSPS) is 16.2. The van der Waals surface area contributed by atoms with Gasteiger partial charge in [0.05, 0.1) is 6.04 Å². The number of thiophene rings is 1. The van der Waals surface area contributed by atoms with E-state index in [-0.39, 0.29) is 11.9 Å². The number of amides is 1. The number of rotatable bonds is 6. The number of carbonyl (C=O) groups is 1. The molecule has 2 aromatic rings. The standard InChI is InChI=1S/C14H17N3OS/c18-14(8-11-2-3-11)15-9-13(12-4-7-19-10-12)17-6-1-5-16-17/h1,4-7,10-11,13H,2-3,8-9H2,(H,15,18)/t13-/m1/s1. The first-order valence-electron chi connectivity index (χ1n) is 6.61. The summed E-state index contributed by atoms with van der Waals surface area (Å²) in [6.45, 7) is 0.601. The fourth-order valence-electron chi connectivity index (χ4n) is 2.16. The first-order valence-corrected chi connectivity index (χ1v) is 7.55. The van der Waals surface area contributed by atoms with Crippen LogP contribution in [0, 0.1) is 5.92 Å². The molecule has 2 aromatic heterocycles. The molecule has 1 amide bonds. The van der Waals surface area contributed by atoms with Crippen molar-refractivity contribution in [1.29, 1.82) is 0 Å².